The lowest BCUT2D eigenvalue weighted by atomic mass is 10.00. The Morgan fingerprint density at radius 3 is 2.21 bits per heavy atom. The molecule has 0 heterocycles. The van der Waals surface area contributed by atoms with Crippen LogP contribution >= 0.6 is 11.6 Å². The van der Waals surface area contributed by atoms with Crippen LogP contribution in [-0.2, 0) is 14.8 Å². The quantitative estimate of drug-likeness (QED) is 0.754. The minimum Gasteiger partial charge on any atom is -0.348 e. The molecule has 0 aliphatic heterocycles. The maximum Gasteiger partial charge on any atom is 0.244 e. The molecule has 0 saturated heterocycles. The number of sulfonamides is 1. The molecule has 0 aromatic heterocycles. The molecule has 1 N–H and O–H groups in total. The second-order valence-corrected chi connectivity index (χ2v) is 9.53. The van der Waals surface area contributed by atoms with Gasteiger partial charge in [0.25, 0.3) is 0 Å². The second-order valence-electron chi connectivity index (χ2n) is 7.26. The molecule has 0 fully saturated rings. The van der Waals surface area contributed by atoms with Gasteiger partial charge in [-0.05, 0) is 63.4 Å². The average molecular weight is 423 g/mol. The van der Waals surface area contributed by atoms with Crippen molar-refractivity contribution < 1.29 is 13.2 Å². The van der Waals surface area contributed by atoms with E-state index in [1.807, 2.05) is 39.8 Å². The van der Waals surface area contributed by atoms with Gasteiger partial charge >= 0.3 is 0 Å². The molecular formula is C21H27ClN2O3S. The van der Waals surface area contributed by atoms with Crippen molar-refractivity contribution in [2.75, 3.05) is 10.6 Å². The molecule has 5 nitrogen and oxygen atoms in total. The van der Waals surface area contributed by atoms with Crippen molar-refractivity contribution in [1.82, 2.24) is 5.32 Å². The van der Waals surface area contributed by atoms with Crippen molar-refractivity contribution in [2.45, 2.75) is 46.7 Å². The predicted octanol–water partition coefficient (Wildman–Crippen LogP) is 4.30. The summed E-state index contributed by atoms with van der Waals surface area (Å²) in [5.41, 5.74) is 4.41. The van der Waals surface area contributed by atoms with E-state index in [9.17, 15) is 13.2 Å². The van der Waals surface area contributed by atoms with E-state index >= 15 is 0 Å². The molecule has 28 heavy (non-hydrogen) atoms. The van der Waals surface area contributed by atoms with Gasteiger partial charge in [-0.2, -0.15) is 0 Å². The summed E-state index contributed by atoms with van der Waals surface area (Å²) >= 11 is 6.16. The first kappa shape index (κ1) is 22.2. The number of hydrogen-bond donors (Lipinski definition) is 1. The highest BCUT2D eigenvalue weighted by atomic mass is 35.5. The molecule has 152 valence electrons. The Kier molecular flexibility index (Phi) is 6.78. The first-order valence-electron chi connectivity index (χ1n) is 9.05. The van der Waals surface area contributed by atoms with Gasteiger partial charge in [-0.25, -0.2) is 8.42 Å². The van der Waals surface area contributed by atoms with Crippen LogP contribution < -0.4 is 9.62 Å². The molecule has 0 radical (unpaired) electrons. The third kappa shape index (κ3) is 5.06. The van der Waals surface area contributed by atoms with E-state index in [4.69, 9.17) is 11.6 Å². The molecule has 0 unspecified atom stereocenters. The van der Waals surface area contributed by atoms with Crippen LogP contribution in [0.1, 0.15) is 42.1 Å². The Balaban J connectivity index is 2.29. The van der Waals surface area contributed by atoms with Gasteiger partial charge < -0.3 is 5.32 Å². The summed E-state index contributed by atoms with van der Waals surface area (Å²) in [7, 11) is -3.69. The number of nitrogens with zero attached hydrogens (tertiary/aromatic N) is 1. The SMILES string of the molecule is Cc1ccc([C@@H](C)NC(=O)[C@H](C)N(c2ccc(C)c(Cl)c2)S(C)(=O)=O)c(C)c1. The van der Waals surface area contributed by atoms with E-state index in [0.29, 0.717) is 10.7 Å². The molecular weight excluding hydrogens is 396 g/mol. The fraction of sp³-hybridized carbons (Fsp3) is 0.381. The zero-order valence-electron chi connectivity index (χ0n) is 17.1. The summed E-state index contributed by atoms with van der Waals surface area (Å²) in [5.74, 6) is -0.380. The smallest absolute Gasteiger partial charge is 0.244 e. The Morgan fingerprint density at radius 2 is 1.68 bits per heavy atom. The lowest BCUT2D eigenvalue weighted by molar-refractivity contribution is -0.122. The first-order chi connectivity index (χ1) is 12.9. The minimum absolute atomic E-state index is 0.251. The molecule has 2 aromatic rings. The monoisotopic (exact) mass is 422 g/mol. The molecule has 2 aromatic carbocycles. The second kappa shape index (κ2) is 8.53. The van der Waals surface area contributed by atoms with Crippen LogP contribution in [0.5, 0.6) is 0 Å². The van der Waals surface area contributed by atoms with Gasteiger partial charge in [0.05, 0.1) is 18.0 Å². The fourth-order valence-corrected chi connectivity index (χ4v) is 4.59. The molecule has 0 aliphatic rings. The highest BCUT2D eigenvalue weighted by Crippen LogP contribution is 2.27. The summed E-state index contributed by atoms with van der Waals surface area (Å²) in [6, 6.07) is 9.80. The van der Waals surface area contributed by atoms with E-state index in [1.165, 1.54) is 0 Å². The van der Waals surface area contributed by atoms with Gasteiger partial charge in [-0.15, -0.1) is 0 Å². The number of hydrogen-bond acceptors (Lipinski definition) is 3. The molecule has 0 bridgehead atoms. The number of carbonyl (C=O) groups is 1. The van der Waals surface area contributed by atoms with Crippen LogP contribution in [0.3, 0.4) is 0 Å². The number of nitrogens with one attached hydrogen (secondary N) is 1. The van der Waals surface area contributed by atoms with Crippen LogP contribution in [-0.4, -0.2) is 26.6 Å². The topological polar surface area (TPSA) is 66.5 Å². The summed E-state index contributed by atoms with van der Waals surface area (Å²) in [6.45, 7) is 9.29. The lowest BCUT2D eigenvalue weighted by Gasteiger charge is -2.29. The van der Waals surface area contributed by atoms with Crippen molar-refractivity contribution in [3.05, 3.63) is 63.7 Å². The van der Waals surface area contributed by atoms with Gasteiger partial charge in [0.15, 0.2) is 0 Å². The third-order valence-corrected chi connectivity index (χ3v) is 6.40. The number of benzene rings is 2. The fourth-order valence-electron chi connectivity index (χ4n) is 3.25. The summed E-state index contributed by atoms with van der Waals surface area (Å²) in [5, 5.41) is 3.37. The van der Waals surface area contributed by atoms with Crippen LogP contribution in [0, 0.1) is 20.8 Å². The maximum absolute atomic E-state index is 12.9. The number of amides is 1. The van der Waals surface area contributed by atoms with Gasteiger partial charge in [-0.1, -0.05) is 41.4 Å². The Morgan fingerprint density at radius 1 is 1.04 bits per heavy atom. The van der Waals surface area contributed by atoms with Crippen molar-refractivity contribution >= 4 is 33.2 Å². The number of halogens is 1. The van der Waals surface area contributed by atoms with E-state index in [0.717, 1.165) is 32.8 Å². The Labute approximate surface area is 172 Å². The van der Waals surface area contributed by atoms with E-state index < -0.39 is 16.1 Å². The average Bonchev–Trinajstić information content (AvgIpc) is 2.56. The standard InChI is InChI=1S/C21H27ClN2O3S/c1-13-7-10-19(15(3)11-13)16(4)23-21(25)17(5)24(28(6,26)27)18-9-8-14(2)20(22)12-18/h7-12,16-17H,1-6H3,(H,23,25)/t16-,17+/m1/s1. The molecule has 0 saturated carbocycles. The molecule has 2 rings (SSSR count). The summed E-state index contributed by atoms with van der Waals surface area (Å²) in [6.07, 6.45) is 1.08. The van der Waals surface area contributed by atoms with Crippen LogP contribution in [0.25, 0.3) is 0 Å². The van der Waals surface area contributed by atoms with Crippen LogP contribution in [0.4, 0.5) is 5.69 Å². The molecule has 0 aliphatic carbocycles. The predicted molar refractivity (Wildman–Crippen MR) is 115 cm³/mol. The van der Waals surface area contributed by atoms with Gasteiger partial charge in [0, 0.05) is 5.02 Å². The van der Waals surface area contributed by atoms with Gasteiger partial charge in [0.2, 0.25) is 15.9 Å². The van der Waals surface area contributed by atoms with E-state index in [1.54, 1.807) is 25.1 Å². The van der Waals surface area contributed by atoms with Crippen LogP contribution in [0.2, 0.25) is 5.02 Å². The molecule has 2 atom stereocenters. The molecule has 7 heteroatoms. The van der Waals surface area contributed by atoms with Crippen molar-refractivity contribution in [1.29, 1.82) is 0 Å². The number of carbonyl (C=O) groups excluding carboxylic acids is 1. The summed E-state index contributed by atoms with van der Waals surface area (Å²) in [4.78, 5) is 12.9. The van der Waals surface area contributed by atoms with Crippen LogP contribution in [0.15, 0.2) is 36.4 Å². The zero-order valence-corrected chi connectivity index (χ0v) is 18.6. The van der Waals surface area contributed by atoms with Gasteiger partial charge in [0.1, 0.15) is 6.04 Å². The Hall–Kier alpha value is -2.05. The van der Waals surface area contributed by atoms with E-state index in [-0.39, 0.29) is 11.9 Å². The van der Waals surface area contributed by atoms with Gasteiger partial charge in [-0.3, -0.25) is 9.10 Å². The normalized spacial score (nSPS) is 13.7. The van der Waals surface area contributed by atoms with E-state index in [2.05, 4.69) is 11.4 Å². The zero-order chi connectivity index (χ0) is 21.2. The molecule has 0 spiro atoms. The largest absolute Gasteiger partial charge is 0.348 e. The van der Waals surface area contributed by atoms with Crippen molar-refractivity contribution in [3.63, 3.8) is 0 Å². The number of rotatable bonds is 6. The maximum atomic E-state index is 12.9. The minimum atomic E-state index is -3.69. The van der Waals surface area contributed by atoms with Crippen molar-refractivity contribution in [3.8, 4) is 0 Å². The highest BCUT2D eigenvalue weighted by molar-refractivity contribution is 7.92. The molecule has 1 amide bonds. The number of anilines is 1. The Bertz CT molecular complexity index is 989. The number of aryl methyl sites for hydroxylation is 3. The van der Waals surface area contributed by atoms with Crippen molar-refractivity contribution in [2.24, 2.45) is 0 Å². The highest BCUT2D eigenvalue weighted by Gasteiger charge is 2.30. The lowest BCUT2D eigenvalue weighted by Crippen LogP contribution is -2.48. The third-order valence-electron chi connectivity index (χ3n) is 4.75. The first-order valence-corrected chi connectivity index (χ1v) is 11.3. The summed E-state index contributed by atoms with van der Waals surface area (Å²) < 4.78 is 25.9.